The minimum atomic E-state index is -0.281. The molecule has 0 spiro atoms. The molecule has 3 atom stereocenters. The quantitative estimate of drug-likeness (QED) is 0.142. The van der Waals surface area contributed by atoms with Crippen LogP contribution in [0.3, 0.4) is 0 Å². The van der Waals surface area contributed by atoms with E-state index in [-0.39, 0.29) is 44.5 Å². The normalized spacial score (nSPS) is 17.7. The van der Waals surface area contributed by atoms with Crippen molar-refractivity contribution < 1.29 is 18.9 Å². The first kappa shape index (κ1) is 57.3. The Hall–Kier alpha value is -4.96. The van der Waals surface area contributed by atoms with Gasteiger partial charge in [0, 0.05) is 33.4 Å². The van der Waals surface area contributed by atoms with Gasteiger partial charge in [-0.05, 0) is 170 Å². The van der Waals surface area contributed by atoms with E-state index in [1.54, 1.807) is 0 Å². The first-order valence-electron chi connectivity index (χ1n) is 27.3. The SMILES string of the molecule is COc1c(C2=CC(C(C)(C)C)=CC(C(C)(C)C)C2)cc(C)cc1-c1cc(C(C)(C)C)ccc1OC[C@@H](Oc1ccc(C(C)(C)C)cc1-c1cc(C)cc(C2=CC(C(C)(C)C)=CC(C(C)(C)C)C2)c1OC)C(C)C. The van der Waals surface area contributed by atoms with Gasteiger partial charge >= 0.3 is 0 Å². The molecule has 0 radical (unpaired) electrons. The summed E-state index contributed by atoms with van der Waals surface area (Å²) in [7, 11) is 3.65. The molecule has 0 aliphatic heterocycles. The molecular weight excluding hydrogens is 893 g/mol. The zero-order valence-electron chi connectivity index (χ0n) is 50.1. The van der Waals surface area contributed by atoms with E-state index in [1.165, 1.54) is 44.5 Å². The van der Waals surface area contributed by atoms with E-state index in [4.69, 9.17) is 18.9 Å². The van der Waals surface area contributed by atoms with Crippen LogP contribution in [0.15, 0.2) is 96.1 Å². The molecule has 2 aliphatic carbocycles. The van der Waals surface area contributed by atoms with E-state index in [1.807, 2.05) is 14.2 Å². The maximum Gasteiger partial charge on any atom is 0.135 e. The highest BCUT2D eigenvalue weighted by molar-refractivity contribution is 5.87. The van der Waals surface area contributed by atoms with Crippen molar-refractivity contribution in [3.63, 3.8) is 0 Å². The molecule has 2 unspecified atom stereocenters. The summed E-state index contributed by atoms with van der Waals surface area (Å²) in [5.74, 6) is 4.29. The van der Waals surface area contributed by atoms with Crippen LogP contribution in [0.5, 0.6) is 23.0 Å². The van der Waals surface area contributed by atoms with Gasteiger partial charge in [0.15, 0.2) is 0 Å². The number of allylic oxidation sites excluding steroid dienone is 8. The fraction of sp³-hybridized carbons (Fsp3) is 0.536. The predicted molar refractivity (Wildman–Crippen MR) is 315 cm³/mol. The van der Waals surface area contributed by atoms with E-state index in [0.29, 0.717) is 18.4 Å². The molecule has 0 bridgehead atoms. The minimum Gasteiger partial charge on any atom is -0.495 e. The van der Waals surface area contributed by atoms with Gasteiger partial charge in [-0.25, -0.2) is 0 Å². The fourth-order valence-electron chi connectivity index (χ4n) is 10.2. The second-order valence-electron chi connectivity index (χ2n) is 28.4. The second-order valence-corrected chi connectivity index (χ2v) is 28.4. The Bertz CT molecular complexity index is 2780. The summed E-state index contributed by atoms with van der Waals surface area (Å²) in [5, 5.41) is 0. The van der Waals surface area contributed by atoms with Crippen LogP contribution in [0.1, 0.15) is 185 Å². The van der Waals surface area contributed by atoms with Crippen molar-refractivity contribution in [3.8, 4) is 45.3 Å². The number of benzene rings is 4. The molecule has 0 fully saturated rings. The average Bonchev–Trinajstić information content (AvgIpc) is 3.27. The molecule has 0 heterocycles. The third kappa shape index (κ3) is 13.3. The van der Waals surface area contributed by atoms with Crippen LogP contribution in [-0.4, -0.2) is 26.9 Å². The molecular formula is C69H96O4. The number of hydrogen-bond acceptors (Lipinski definition) is 4. The van der Waals surface area contributed by atoms with Crippen LogP contribution >= 0.6 is 0 Å². The molecule has 0 amide bonds. The lowest BCUT2D eigenvalue weighted by Crippen LogP contribution is -2.30. The Kier molecular flexibility index (Phi) is 16.5. The van der Waals surface area contributed by atoms with E-state index >= 15 is 0 Å². The Balaban J connectivity index is 1.46. The molecule has 0 N–H and O–H groups in total. The van der Waals surface area contributed by atoms with Crippen molar-refractivity contribution in [1.82, 2.24) is 0 Å². The van der Waals surface area contributed by atoms with Crippen LogP contribution in [-0.2, 0) is 10.8 Å². The van der Waals surface area contributed by atoms with Crippen molar-refractivity contribution in [3.05, 3.63) is 129 Å². The highest BCUT2D eigenvalue weighted by Crippen LogP contribution is 2.51. The number of methoxy groups -OCH3 is 2. The lowest BCUT2D eigenvalue weighted by atomic mass is 9.69. The first-order valence-corrected chi connectivity index (χ1v) is 27.3. The highest BCUT2D eigenvalue weighted by atomic mass is 16.5. The molecule has 0 saturated heterocycles. The number of aryl methyl sites for hydroxylation is 2. The van der Waals surface area contributed by atoms with E-state index in [0.717, 1.165) is 69.2 Å². The smallest absolute Gasteiger partial charge is 0.135 e. The van der Waals surface area contributed by atoms with Crippen molar-refractivity contribution in [2.75, 3.05) is 20.8 Å². The minimum absolute atomic E-state index is 0.00656. The average molecular weight is 990 g/mol. The van der Waals surface area contributed by atoms with Gasteiger partial charge < -0.3 is 18.9 Å². The van der Waals surface area contributed by atoms with Crippen LogP contribution in [0.2, 0.25) is 0 Å². The maximum atomic E-state index is 7.32. The van der Waals surface area contributed by atoms with Gasteiger partial charge in [0.05, 0.1) is 14.2 Å². The molecule has 0 saturated carbocycles. The first-order chi connectivity index (χ1) is 33.5. The van der Waals surface area contributed by atoms with Crippen LogP contribution < -0.4 is 18.9 Å². The lowest BCUT2D eigenvalue weighted by Gasteiger charge is -2.36. The van der Waals surface area contributed by atoms with Crippen molar-refractivity contribution in [2.45, 2.75) is 182 Å². The summed E-state index contributed by atoms with van der Waals surface area (Å²) in [4.78, 5) is 0. The van der Waals surface area contributed by atoms with Gasteiger partial charge in [-0.2, -0.15) is 0 Å². The summed E-state index contributed by atoms with van der Waals surface area (Å²) in [6, 6.07) is 22.7. The van der Waals surface area contributed by atoms with Crippen molar-refractivity contribution in [2.24, 2.45) is 39.4 Å². The predicted octanol–water partition coefficient (Wildman–Crippen LogP) is 19.6. The van der Waals surface area contributed by atoms with Crippen molar-refractivity contribution >= 4 is 11.1 Å². The Morgan fingerprint density at radius 1 is 0.466 bits per heavy atom. The topological polar surface area (TPSA) is 36.9 Å². The molecule has 0 aromatic heterocycles. The summed E-state index contributed by atoms with van der Waals surface area (Å²) in [6.07, 6.45) is 11.5. The van der Waals surface area contributed by atoms with Gasteiger partial charge in [-0.1, -0.05) is 175 Å². The molecule has 73 heavy (non-hydrogen) atoms. The number of hydrogen-bond donors (Lipinski definition) is 0. The summed E-state index contributed by atoms with van der Waals surface area (Å²) in [6.45, 7) is 51.0. The molecule has 4 heteroatoms. The van der Waals surface area contributed by atoms with Crippen LogP contribution in [0.25, 0.3) is 33.4 Å². The van der Waals surface area contributed by atoms with Crippen LogP contribution in [0, 0.1) is 53.3 Å². The third-order valence-corrected chi connectivity index (χ3v) is 15.5. The molecule has 4 aromatic rings. The standard InChI is InChI=1S/C69H96O4/c1-42(2)61(73-60-28-26-48(65(8,9)10)40-56(60)58-32-44(4)30-54(63(58)71-24)46-35-51(68(17,18)19)38-52(36-46)69(20,21)22)41-72-59-27-25-47(64(5,6)7)39-55(59)57-31-43(3)29-53(62(57)70-23)45-33-49(66(11,12)13)37-50(34-45)67(14,15)16/h25-33,35,37-40,42,50,52,61H,34,36,41H2,1-24H3/t50?,52?,61-/m1/s1. The van der Waals surface area contributed by atoms with E-state index < -0.39 is 0 Å². The summed E-state index contributed by atoms with van der Waals surface area (Å²) < 4.78 is 27.6. The molecule has 4 nitrogen and oxygen atoms in total. The summed E-state index contributed by atoms with van der Waals surface area (Å²) >= 11 is 0. The monoisotopic (exact) mass is 989 g/mol. The van der Waals surface area contributed by atoms with Gasteiger partial charge in [0.1, 0.15) is 35.7 Å². The zero-order valence-corrected chi connectivity index (χ0v) is 50.1. The largest absolute Gasteiger partial charge is 0.495 e. The third-order valence-electron chi connectivity index (χ3n) is 15.5. The molecule has 2 aliphatic rings. The number of ether oxygens (including phenoxy) is 4. The van der Waals surface area contributed by atoms with Gasteiger partial charge in [-0.3, -0.25) is 0 Å². The second kappa shape index (κ2) is 21.0. The lowest BCUT2D eigenvalue weighted by molar-refractivity contribution is 0.0919. The van der Waals surface area contributed by atoms with E-state index in [9.17, 15) is 0 Å². The molecule has 396 valence electrons. The zero-order chi connectivity index (χ0) is 54.6. The fourth-order valence-corrected chi connectivity index (χ4v) is 10.2. The van der Waals surface area contributed by atoms with Gasteiger partial charge in [-0.15, -0.1) is 0 Å². The maximum absolute atomic E-state index is 7.32. The number of rotatable bonds is 12. The Labute approximate surface area is 445 Å². The van der Waals surface area contributed by atoms with Crippen LogP contribution in [0.4, 0.5) is 0 Å². The van der Waals surface area contributed by atoms with Gasteiger partial charge in [0.2, 0.25) is 0 Å². The van der Waals surface area contributed by atoms with E-state index in [2.05, 4.69) is 237 Å². The summed E-state index contributed by atoms with van der Waals surface area (Å²) in [5.41, 5.74) is 16.7. The van der Waals surface area contributed by atoms with Gasteiger partial charge in [0.25, 0.3) is 0 Å². The Morgan fingerprint density at radius 2 is 0.836 bits per heavy atom. The molecule has 4 aromatic carbocycles. The molecule has 6 rings (SSSR count). The van der Waals surface area contributed by atoms with Crippen molar-refractivity contribution in [1.29, 1.82) is 0 Å². The Morgan fingerprint density at radius 3 is 1.18 bits per heavy atom. The highest BCUT2D eigenvalue weighted by Gasteiger charge is 2.34.